The van der Waals surface area contributed by atoms with Gasteiger partial charge in [-0.25, -0.2) is 0 Å². The molecule has 1 aromatic carbocycles. The molecule has 1 aromatic rings. The van der Waals surface area contributed by atoms with Gasteiger partial charge < -0.3 is 0 Å². The molecule has 1 aliphatic rings. The zero-order valence-corrected chi connectivity index (χ0v) is 12.7. The molecule has 0 aliphatic heterocycles. The van der Waals surface area contributed by atoms with Crippen LogP contribution in [0, 0.1) is 17.8 Å². The SMILES string of the molecule is CC(C)C1CCC(C(NN)c2ccccc2Cl)CC1. The van der Waals surface area contributed by atoms with Gasteiger partial charge in [0.15, 0.2) is 0 Å². The van der Waals surface area contributed by atoms with E-state index in [1.807, 2.05) is 18.2 Å². The van der Waals surface area contributed by atoms with Crippen LogP contribution in [0.15, 0.2) is 24.3 Å². The molecular formula is C16H25ClN2. The first-order valence-corrected chi connectivity index (χ1v) is 7.71. The maximum absolute atomic E-state index is 6.30. The molecule has 2 rings (SSSR count). The molecule has 1 unspecified atom stereocenters. The summed E-state index contributed by atoms with van der Waals surface area (Å²) in [6, 6.07) is 8.21. The first-order valence-electron chi connectivity index (χ1n) is 7.34. The predicted octanol–water partition coefficient (Wildman–Crippen LogP) is 4.31. The lowest BCUT2D eigenvalue weighted by Crippen LogP contribution is -2.36. The van der Waals surface area contributed by atoms with Crippen molar-refractivity contribution in [2.24, 2.45) is 23.6 Å². The number of hydrogen-bond donors (Lipinski definition) is 2. The van der Waals surface area contributed by atoms with Gasteiger partial charge in [0.05, 0.1) is 6.04 Å². The van der Waals surface area contributed by atoms with Crippen LogP contribution in [0.2, 0.25) is 5.02 Å². The molecule has 0 spiro atoms. The van der Waals surface area contributed by atoms with Gasteiger partial charge in [-0.15, -0.1) is 0 Å². The van der Waals surface area contributed by atoms with Crippen LogP contribution in [-0.4, -0.2) is 0 Å². The Bertz CT molecular complexity index is 397. The fourth-order valence-corrected chi connectivity index (χ4v) is 3.61. The predicted molar refractivity (Wildman–Crippen MR) is 81.8 cm³/mol. The third-order valence-electron chi connectivity index (χ3n) is 4.65. The topological polar surface area (TPSA) is 38.0 Å². The van der Waals surface area contributed by atoms with Gasteiger partial charge in [-0.1, -0.05) is 43.6 Å². The fourth-order valence-electron chi connectivity index (χ4n) is 3.35. The molecule has 3 heteroatoms. The molecule has 3 N–H and O–H groups in total. The Kier molecular flexibility index (Phi) is 5.26. The summed E-state index contributed by atoms with van der Waals surface area (Å²) in [5.41, 5.74) is 4.13. The van der Waals surface area contributed by atoms with Crippen LogP contribution in [0.1, 0.15) is 51.1 Å². The van der Waals surface area contributed by atoms with Crippen molar-refractivity contribution in [2.45, 2.75) is 45.6 Å². The standard InChI is InChI=1S/C16H25ClN2/c1-11(2)12-7-9-13(10-8-12)16(19-18)14-5-3-4-6-15(14)17/h3-6,11-13,16,19H,7-10,18H2,1-2H3. The van der Waals surface area contributed by atoms with Crippen molar-refractivity contribution in [2.75, 3.05) is 0 Å². The highest BCUT2D eigenvalue weighted by molar-refractivity contribution is 6.31. The second-order valence-corrected chi connectivity index (χ2v) is 6.49. The largest absolute Gasteiger partial charge is 0.271 e. The summed E-state index contributed by atoms with van der Waals surface area (Å²) in [6.45, 7) is 4.66. The number of halogens is 1. The van der Waals surface area contributed by atoms with Gasteiger partial charge >= 0.3 is 0 Å². The average molecular weight is 281 g/mol. The van der Waals surface area contributed by atoms with Crippen molar-refractivity contribution in [3.05, 3.63) is 34.9 Å². The van der Waals surface area contributed by atoms with E-state index in [-0.39, 0.29) is 6.04 Å². The smallest absolute Gasteiger partial charge is 0.0502 e. The van der Waals surface area contributed by atoms with E-state index in [9.17, 15) is 0 Å². The number of benzene rings is 1. The Hall–Kier alpha value is -0.570. The third kappa shape index (κ3) is 3.50. The van der Waals surface area contributed by atoms with Gasteiger partial charge in [-0.2, -0.15) is 0 Å². The van der Waals surface area contributed by atoms with Crippen LogP contribution in [-0.2, 0) is 0 Å². The second-order valence-electron chi connectivity index (χ2n) is 6.08. The van der Waals surface area contributed by atoms with Crippen molar-refractivity contribution in [3.63, 3.8) is 0 Å². The van der Waals surface area contributed by atoms with E-state index >= 15 is 0 Å². The van der Waals surface area contributed by atoms with Gasteiger partial charge in [-0.05, 0) is 55.1 Å². The van der Waals surface area contributed by atoms with Crippen molar-refractivity contribution in [1.82, 2.24) is 5.43 Å². The van der Waals surface area contributed by atoms with E-state index in [1.54, 1.807) is 0 Å². The minimum absolute atomic E-state index is 0.182. The highest BCUT2D eigenvalue weighted by atomic mass is 35.5. The molecule has 19 heavy (non-hydrogen) atoms. The van der Waals surface area contributed by atoms with E-state index in [2.05, 4.69) is 25.3 Å². The van der Waals surface area contributed by atoms with Gasteiger partial charge in [0.25, 0.3) is 0 Å². The normalized spacial score (nSPS) is 25.5. The van der Waals surface area contributed by atoms with Crippen molar-refractivity contribution in [3.8, 4) is 0 Å². The summed E-state index contributed by atoms with van der Waals surface area (Å²) in [7, 11) is 0. The van der Waals surface area contributed by atoms with Gasteiger partial charge in [0.1, 0.15) is 0 Å². The van der Waals surface area contributed by atoms with E-state index in [0.29, 0.717) is 5.92 Å². The Morgan fingerprint density at radius 3 is 2.21 bits per heavy atom. The highest BCUT2D eigenvalue weighted by Crippen LogP contribution is 2.40. The van der Waals surface area contributed by atoms with Crippen molar-refractivity contribution < 1.29 is 0 Å². The first-order chi connectivity index (χ1) is 9.13. The molecular weight excluding hydrogens is 256 g/mol. The van der Waals surface area contributed by atoms with Gasteiger partial charge in [0.2, 0.25) is 0 Å². The van der Waals surface area contributed by atoms with Crippen LogP contribution in [0.5, 0.6) is 0 Å². The lowest BCUT2D eigenvalue weighted by Gasteiger charge is -2.35. The van der Waals surface area contributed by atoms with E-state index < -0.39 is 0 Å². The van der Waals surface area contributed by atoms with Crippen LogP contribution >= 0.6 is 11.6 Å². The maximum Gasteiger partial charge on any atom is 0.0502 e. The molecule has 1 saturated carbocycles. The number of nitrogens with two attached hydrogens (primary N) is 1. The summed E-state index contributed by atoms with van der Waals surface area (Å²) in [6.07, 6.45) is 5.10. The van der Waals surface area contributed by atoms with E-state index in [1.165, 1.54) is 25.7 Å². The number of hydrogen-bond acceptors (Lipinski definition) is 2. The zero-order chi connectivity index (χ0) is 13.8. The molecule has 0 radical (unpaired) electrons. The molecule has 1 atom stereocenters. The molecule has 0 aromatic heterocycles. The lowest BCUT2D eigenvalue weighted by atomic mass is 9.73. The summed E-state index contributed by atoms with van der Waals surface area (Å²) >= 11 is 6.30. The minimum atomic E-state index is 0.182. The molecule has 0 amide bonds. The van der Waals surface area contributed by atoms with Gasteiger partial charge in [-0.3, -0.25) is 11.3 Å². The Balaban J connectivity index is 2.06. The molecule has 106 valence electrons. The van der Waals surface area contributed by atoms with E-state index in [4.69, 9.17) is 17.4 Å². The summed E-state index contributed by atoms with van der Waals surface area (Å²) in [5, 5.41) is 0.816. The average Bonchev–Trinajstić information content (AvgIpc) is 2.42. The zero-order valence-electron chi connectivity index (χ0n) is 11.9. The molecule has 0 saturated heterocycles. The minimum Gasteiger partial charge on any atom is -0.271 e. The third-order valence-corrected chi connectivity index (χ3v) is 4.99. The van der Waals surface area contributed by atoms with Crippen LogP contribution in [0.25, 0.3) is 0 Å². The van der Waals surface area contributed by atoms with Gasteiger partial charge in [0, 0.05) is 5.02 Å². The molecule has 2 nitrogen and oxygen atoms in total. The van der Waals surface area contributed by atoms with Crippen LogP contribution in [0.4, 0.5) is 0 Å². The fraction of sp³-hybridized carbons (Fsp3) is 0.625. The quantitative estimate of drug-likeness (QED) is 0.637. The number of rotatable bonds is 4. The van der Waals surface area contributed by atoms with Crippen LogP contribution in [0.3, 0.4) is 0 Å². The highest BCUT2D eigenvalue weighted by Gasteiger charge is 2.29. The molecule has 1 aliphatic carbocycles. The summed E-state index contributed by atoms with van der Waals surface area (Å²) < 4.78 is 0. The summed E-state index contributed by atoms with van der Waals surface area (Å²) in [4.78, 5) is 0. The Morgan fingerprint density at radius 1 is 1.11 bits per heavy atom. The van der Waals surface area contributed by atoms with Crippen molar-refractivity contribution >= 4 is 11.6 Å². The molecule has 0 bridgehead atoms. The lowest BCUT2D eigenvalue weighted by molar-refractivity contribution is 0.189. The molecule has 1 fully saturated rings. The van der Waals surface area contributed by atoms with E-state index in [0.717, 1.165) is 22.4 Å². The van der Waals surface area contributed by atoms with Crippen LogP contribution < -0.4 is 11.3 Å². The first kappa shape index (κ1) is 14.8. The Labute approximate surface area is 121 Å². The second kappa shape index (κ2) is 6.74. The number of nitrogens with one attached hydrogen (secondary N) is 1. The van der Waals surface area contributed by atoms with Crippen molar-refractivity contribution in [1.29, 1.82) is 0 Å². The monoisotopic (exact) mass is 280 g/mol. The summed E-state index contributed by atoms with van der Waals surface area (Å²) in [5.74, 6) is 8.06. The maximum atomic E-state index is 6.30. The number of hydrazine groups is 1. The Morgan fingerprint density at radius 2 is 1.68 bits per heavy atom. The molecule has 0 heterocycles.